The van der Waals surface area contributed by atoms with Gasteiger partial charge in [-0.05, 0) is 36.8 Å². The van der Waals surface area contributed by atoms with Crippen molar-refractivity contribution in [1.82, 2.24) is 4.98 Å². The Morgan fingerprint density at radius 1 is 0.929 bits per heavy atom. The number of anilines is 1. The fourth-order valence-electron chi connectivity index (χ4n) is 3.42. The zero-order valence-electron chi connectivity index (χ0n) is 15.2. The SMILES string of the molecule is Cc1ccc(/C(O)=C2/C(=O)C(=O)N(c3ccccc3)C2c2ccncc2)cc1. The van der Waals surface area contributed by atoms with E-state index in [2.05, 4.69) is 4.98 Å². The van der Waals surface area contributed by atoms with Crippen LogP contribution in [0.5, 0.6) is 0 Å². The number of hydrogen-bond acceptors (Lipinski definition) is 4. The molecule has 138 valence electrons. The van der Waals surface area contributed by atoms with Crippen molar-refractivity contribution in [3.05, 3.63) is 101 Å². The van der Waals surface area contributed by atoms with Crippen molar-refractivity contribution in [2.75, 3.05) is 4.90 Å². The van der Waals surface area contributed by atoms with Crippen LogP contribution in [-0.2, 0) is 9.59 Å². The number of Topliss-reactive ketones (excluding diaryl/α,β-unsaturated/α-hetero) is 1. The highest BCUT2D eigenvalue weighted by atomic mass is 16.3. The van der Waals surface area contributed by atoms with E-state index in [9.17, 15) is 14.7 Å². The standard InChI is InChI=1S/C23H18N2O3/c1-15-7-9-17(10-8-15)21(26)19-20(16-11-13-24-14-12-16)25(23(28)22(19)27)18-5-3-2-4-6-18/h2-14,20,26H,1H3/b21-19-. The van der Waals surface area contributed by atoms with Gasteiger partial charge < -0.3 is 5.11 Å². The van der Waals surface area contributed by atoms with Crippen molar-refractivity contribution in [2.45, 2.75) is 13.0 Å². The fraction of sp³-hybridized carbons (Fsp3) is 0.0870. The second-order valence-electron chi connectivity index (χ2n) is 6.65. The summed E-state index contributed by atoms with van der Waals surface area (Å²) >= 11 is 0. The monoisotopic (exact) mass is 370 g/mol. The summed E-state index contributed by atoms with van der Waals surface area (Å²) in [6.45, 7) is 1.94. The molecule has 5 nitrogen and oxygen atoms in total. The summed E-state index contributed by atoms with van der Waals surface area (Å²) in [6, 6.07) is 18.9. The predicted octanol–water partition coefficient (Wildman–Crippen LogP) is 4.02. The number of amides is 1. The topological polar surface area (TPSA) is 70.5 Å². The number of benzene rings is 2. The molecule has 1 unspecified atom stereocenters. The average molecular weight is 370 g/mol. The lowest BCUT2D eigenvalue weighted by Gasteiger charge is -2.25. The number of carbonyl (C=O) groups is 2. The van der Waals surface area contributed by atoms with E-state index in [0.717, 1.165) is 5.56 Å². The van der Waals surface area contributed by atoms with Gasteiger partial charge in [0.25, 0.3) is 11.7 Å². The third kappa shape index (κ3) is 2.97. The number of rotatable bonds is 3. The Hall–Kier alpha value is -3.73. The summed E-state index contributed by atoms with van der Waals surface area (Å²) in [4.78, 5) is 31.3. The van der Waals surface area contributed by atoms with Crippen LogP contribution in [0, 0.1) is 6.92 Å². The fourth-order valence-corrected chi connectivity index (χ4v) is 3.42. The summed E-state index contributed by atoms with van der Waals surface area (Å²) in [5.41, 5.74) is 2.90. The molecule has 1 fully saturated rings. The number of hydrogen-bond donors (Lipinski definition) is 1. The van der Waals surface area contributed by atoms with Crippen molar-refractivity contribution in [1.29, 1.82) is 0 Å². The van der Waals surface area contributed by atoms with Gasteiger partial charge in [0.05, 0.1) is 11.6 Å². The van der Waals surface area contributed by atoms with Gasteiger partial charge in [0.2, 0.25) is 0 Å². The molecule has 1 aliphatic heterocycles. The van der Waals surface area contributed by atoms with Crippen LogP contribution in [0.3, 0.4) is 0 Å². The number of aliphatic hydroxyl groups excluding tert-OH is 1. The molecular weight excluding hydrogens is 352 g/mol. The molecule has 3 aromatic rings. The van der Waals surface area contributed by atoms with Gasteiger partial charge in [0.15, 0.2) is 0 Å². The molecule has 2 heterocycles. The number of aliphatic hydroxyl groups is 1. The second kappa shape index (κ2) is 7.12. The third-order valence-electron chi connectivity index (χ3n) is 4.83. The molecule has 1 saturated heterocycles. The maximum atomic E-state index is 12.9. The van der Waals surface area contributed by atoms with Gasteiger partial charge in [-0.25, -0.2) is 0 Å². The normalized spacial score (nSPS) is 18.5. The van der Waals surface area contributed by atoms with E-state index in [1.807, 2.05) is 25.1 Å². The first-order chi connectivity index (χ1) is 13.6. The molecule has 1 atom stereocenters. The molecule has 4 rings (SSSR count). The summed E-state index contributed by atoms with van der Waals surface area (Å²) in [5, 5.41) is 11.0. The molecule has 0 radical (unpaired) electrons. The quantitative estimate of drug-likeness (QED) is 0.429. The summed E-state index contributed by atoms with van der Waals surface area (Å²) in [5.74, 6) is -1.55. The Kier molecular flexibility index (Phi) is 4.49. The molecule has 0 spiro atoms. The smallest absolute Gasteiger partial charge is 0.300 e. The van der Waals surface area contributed by atoms with Crippen molar-refractivity contribution in [3.63, 3.8) is 0 Å². The van der Waals surface area contributed by atoms with E-state index < -0.39 is 17.7 Å². The van der Waals surface area contributed by atoms with E-state index in [4.69, 9.17) is 0 Å². The molecule has 0 saturated carbocycles. The Balaban J connectivity index is 1.94. The summed E-state index contributed by atoms with van der Waals surface area (Å²) in [7, 11) is 0. The zero-order valence-corrected chi connectivity index (χ0v) is 15.2. The van der Waals surface area contributed by atoms with Gasteiger partial charge >= 0.3 is 0 Å². The van der Waals surface area contributed by atoms with E-state index in [0.29, 0.717) is 16.8 Å². The first kappa shape index (κ1) is 17.7. The van der Waals surface area contributed by atoms with Crippen molar-refractivity contribution < 1.29 is 14.7 Å². The minimum Gasteiger partial charge on any atom is -0.507 e. The minimum atomic E-state index is -0.730. The Morgan fingerprint density at radius 3 is 2.21 bits per heavy atom. The number of ketones is 1. The zero-order chi connectivity index (χ0) is 19.7. The lowest BCUT2D eigenvalue weighted by atomic mass is 9.95. The van der Waals surface area contributed by atoms with Gasteiger partial charge in [0.1, 0.15) is 5.76 Å². The first-order valence-electron chi connectivity index (χ1n) is 8.91. The minimum absolute atomic E-state index is 0.0731. The van der Waals surface area contributed by atoms with E-state index in [-0.39, 0.29) is 11.3 Å². The molecule has 1 aliphatic rings. The van der Waals surface area contributed by atoms with Gasteiger partial charge in [-0.2, -0.15) is 0 Å². The maximum Gasteiger partial charge on any atom is 0.300 e. The Bertz CT molecular complexity index is 1060. The predicted molar refractivity (Wildman–Crippen MR) is 107 cm³/mol. The number of para-hydroxylation sites is 1. The maximum absolute atomic E-state index is 12.9. The van der Waals surface area contributed by atoms with E-state index in [1.54, 1.807) is 60.9 Å². The molecule has 1 N–H and O–H groups in total. The van der Waals surface area contributed by atoms with Crippen molar-refractivity contribution in [3.8, 4) is 0 Å². The van der Waals surface area contributed by atoms with Crippen LogP contribution >= 0.6 is 0 Å². The van der Waals surface area contributed by atoms with Crippen LogP contribution in [-0.4, -0.2) is 21.8 Å². The van der Waals surface area contributed by atoms with Crippen molar-refractivity contribution >= 4 is 23.1 Å². The van der Waals surface area contributed by atoms with Crippen LogP contribution in [0.2, 0.25) is 0 Å². The Labute approximate surface area is 162 Å². The molecule has 0 bridgehead atoms. The lowest BCUT2D eigenvalue weighted by Crippen LogP contribution is -2.29. The molecule has 2 aromatic carbocycles. The van der Waals surface area contributed by atoms with Gasteiger partial charge in [-0.1, -0.05) is 48.0 Å². The molecule has 5 heteroatoms. The van der Waals surface area contributed by atoms with E-state index >= 15 is 0 Å². The van der Waals surface area contributed by atoms with Gasteiger partial charge in [-0.3, -0.25) is 19.5 Å². The number of nitrogens with zero attached hydrogens (tertiary/aromatic N) is 2. The lowest BCUT2D eigenvalue weighted by molar-refractivity contribution is -0.132. The second-order valence-corrected chi connectivity index (χ2v) is 6.65. The molecule has 1 amide bonds. The largest absolute Gasteiger partial charge is 0.507 e. The highest BCUT2D eigenvalue weighted by molar-refractivity contribution is 6.51. The van der Waals surface area contributed by atoms with Gasteiger partial charge in [-0.15, -0.1) is 0 Å². The third-order valence-corrected chi connectivity index (χ3v) is 4.83. The van der Waals surface area contributed by atoms with Crippen LogP contribution in [0.25, 0.3) is 5.76 Å². The average Bonchev–Trinajstić information content (AvgIpc) is 3.00. The highest BCUT2D eigenvalue weighted by Gasteiger charge is 2.46. The number of carbonyl (C=O) groups excluding carboxylic acids is 2. The van der Waals surface area contributed by atoms with Crippen LogP contribution in [0.15, 0.2) is 84.7 Å². The molecule has 0 aliphatic carbocycles. The molecular formula is C23H18N2O3. The van der Waals surface area contributed by atoms with Crippen LogP contribution in [0.4, 0.5) is 5.69 Å². The van der Waals surface area contributed by atoms with Crippen LogP contribution < -0.4 is 4.90 Å². The van der Waals surface area contributed by atoms with Crippen LogP contribution in [0.1, 0.15) is 22.7 Å². The van der Waals surface area contributed by atoms with Crippen molar-refractivity contribution in [2.24, 2.45) is 0 Å². The highest BCUT2D eigenvalue weighted by Crippen LogP contribution is 2.41. The summed E-state index contributed by atoms with van der Waals surface area (Å²) in [6.07, 6.45) is 3.21. The first-order valence-corrected chi connectivity index (χ1v) is 8.91. The van der Waals surface area contributed by atoms with Gasteiger partial charge in [0, 0.05) is 23.6 Å². The molecule has 1 aromatic heterocycles. The number of pyridine rings is 1. The summed E-state index contributed by atoms with van der Waals surface area (Å²) < 4.78 is 0. The molecule has 28 heavy (non-hydrogen) atoms. The Morgan fingerprint density at radius 2 is 1.57 bits per heavy atom. The number of aromatic nitrogens is 1. The van der Waals surface area contributed by atoms with E-state index in [1.165, 1.54) is 4.90 Å². The number of aryl methyl sites for hydroxylation is 1.